The lowest BCUT2D eigenvalue weighted by Crippen LogP contribution is -1.96. The van der Waals surface area contributed by atoms with E-state index in [-0.39, 0.29) is 11.1 Å². The third kappa shape index (κ3) is 4.53. The number of cyclic esters (lactones) is 3. The SMILES string of the molecule is O=C1OC(=O)c2cc(Oc3ccc(Sc4ccc(Oc5ccc6c(c5)C(O)OC6=O)cc4)cc3)ccc21. The zero-order chi connectivity index (χ0) is 25.5. The lowest BCUT2D eigenvalue weighted by molar-refractivity contribution is -0.0548. The van der Waals surface area contributed by atoms with Crippen molar-refractivity contribution in [1.29, 1.82) is 0 Å². The molecule has 6 rings (SSSR count). The number of esters is 3. The summed E-state index contributed by atoms with van der Waals surface area (Å²) in [6.45, 7) is 0. The van der Waals surface area contributed by atoms with Gasteiger partial charge in [-0.25, -0.2) is 14.4 Å². The Labute approximate surface area is 214 Å². The fourth-order valence-electron chi connectivity index (χ4n) is 3.91. The van der Waals surface area contributed by atoms with Crippen molar-refractivity contribution in [2.24, 2.45) is 0 Å². The van der Waals surface area contributed by atoms with Crippen molar-refractivity contribution in [2.75, 3.05) is 0 Å². The van der Waals surface area contributed by atoms with Crippen LogP contribution in [0.3, 0.4) is 0 Å². The van der Waals surface area contributed by atoms with E-state index in [4.69, 9.17) is 14.2 Å². The number of carbonyl (C=O) groups is 3. The number of rotatable bonds is 6. The smallest absolute Gasteiger partial charge is 0.347 e. The number of ether oxygens (including phenoxy) is 4. The quantitative estimate of drug-likeness (QED) is 0.250. The van der Waals surface area contributed by atoms with E-state index in [1.165, 1.54) is 12.1 Å². The molecule has 1 atom stereocenters. The predicted octanol–water partition coefficient (Wildman–Crippen LogP) is 5.89. The first kappa shape index (κ1) is 22.8. The highest BCUT2D eigenvalue weighted by Gasteiger charge is 2.30. The van der Waals surface area contributed by atoms with Crippen molar-refractivity contribution < 1.29 is 38.4 Å². The average Bonchev–Trinajstić information content (AvgIpc) is 3.34. The van der Waals surface area contributed by atoms with Gasteiger partial charge in [-0.3, -0.25) is 0 Å². The highest BCUT2D eigenvalue weighted by Crippen LogP contribution is 2.35. The van der Waals surface area contributed by atoms with Crippen LogP contribution in [0.2, 0.25) is 0 Å². The summed E-state index contributed by atoms with van der Waals surface area (Å²) in [5.74, 6) is 0.221. The summed E-state index contributed by atoms with van der Waals surface area (Å²) >= 11 is 1.55. The Bertz CT molecular complexity index is 1560. The number of aliphatic hydroxyl groups is 1. The van der Waals surface area contributed by atoms with E-state index in [1.54, 1.807) is 36.0 Å². The first-order valence-corrected chi connectivity index (χ1v) is 11.9. The van der Waals surface area contributed by atoms with Crippen LogP contribution < -0.4 is 9.47 Å². The van der Waals surface area contributed by atoms with Crippen LogP contribution in [0.5, 0.6) is 23.0 Å². The number of hydrogen-bond acceptors (Lipinski definition) is 9. The van der Waals surface area contributed by atoms with Gasteiger partial charge in [-0.15, -0.1) is 0 Å². The van der Waals surface area contributed by atoms with Crippen LogP contribution in [-0.4, -0.2) is 23.0 Å². The van der Waals surface area contributed by atoms with Crippen molar-refractivity contribution in [3.05, 3.63) is 107 Å². The maximum atomic E-state index is 11.7. The zero-order valence-electron chi connectivity index (χ0n) is 18.9. The van der Waals surface area contributed by atoms with E-state index < -0.39 is 24.2 Å². The van der Waals surface area contributed by atoms with Crippen molar-refractivity contribution >= 4 is 29.7 Å². The third-order valence-electron chi connectivity index (χ3n) is 5.70. The van der Waals surface area contributed by atoms with E-state index in [0.29, 0.717) is 34.1 Å². The summed E-state index contributed by atoms with van der Waals surface area (Å²) in [6, 6.07) is 24.4. The van der Waals surface area contributed by atoms with Gasteiger partial charge in [0.1, 0.15) is 23.0 Å². The van der Waals surface area contributed by atoms with Crippen LogP contribution in [0.15, 0.2) is 94.7 Å². The molecule has 2 aliphatic rings. The highest BCUT2D eigenvalue weighted by molar-refractivity contribution is 7.99. The van der Waals surface area contributed by atoms with Gasteiger partial charge in [0.15, 0.2) is 0 Å². The topological polar surface area (TPSA) is 108 Å². The molecule has 0 saturated carbocycles. The van der Waals surface area contributed by atoms with Gasteiger partial charge in [0.05, 0.1) is 16.7 Å². The van der Waals surface area contributed by atoms with Gasteiger partial charge >= 0.3 is 17.9 Å². The van der Waals surface area contributed by atoms with Crippen molar-refractivity contribution in [2.45, 2.75) is 16.1 Å². The molecular weight excluding hydrogens is 496 g/mol. The van der Waals surface area contributed by atoms with Crippen LogP contribution in [0.4, 0.5) is 0 Å². The summed E-state index contributed by atoms with van der Waals surface area (Å²) in [4.78, 5) is 36.9. The minimum Gasteiger partial charge on any atom is -0.457 e. The van der Waals surface area contributed by atoms with Crippen molar-refractivity contribution in [1.82, 2.24) is 0 Å². The van der Waals surface area contributed by atoms with Gasteiger partial charge in [-0.2, -0.15) is 0 Å². The molecule has 0 spiro atoms. The minimum absolute atomic E-state index is 0.194. The first-order chi connectivity index (χ1) is 17.9. The van der Waals surface area contributed by atoms with Crippen molar-refractivity contribution in [3.63, 3.8) is 0 Å². The van der Waals surface area contributed by atoms with Crippen molar-refractivity contribution in [3.8, 4) is 23.0 Å². The summed E-state index contributed by atoms with van der Waals surface area (Å²) in [7, 11) is 0. The number of hydrogen-bond donors (Lipinski definition) is 1. The molecule has 0 amide bonds. The molecule has 0 aromatic heterocycles. The third-order valence-corrected chi connectivity index (χ3v) is 6.71. The van der Waals surface area contributed by atoms with Crippen LogP contribution in [0.1, 0.15) is 42.9 Å². The second-order valence-electron chi connectivity index (χ2n) is 8.14. The molecule has 4 aromatic carbocycles. The maximum absolute atomic E-state index is 11.7. The lowest BCUT2D eigenvalue weighted by atomic mass is 10.1. The Kier molecular flexibility index (Phi) is 5.63. The predicted molar refractivity (Wildman–Crippen MR) is 130 cm³/mol. The molecule has 9 heteroatoms. The van der Waals surface area contributed by atoms with E-state index in [9.17, 15) is 19.5 Å². The monoisotopic (exact) mass is 512 g/mol. The van der Waals surface area contributed by atoms with Crippen LogP contribution in [0, 0.1) is 0 Å². The average molecular weight is 512 g/mol. The molecule has 0 radical (unpaired) electrons. The van der Waals surface area contributed by atoms with Gasteiger partial charge in [0, 0.05) is 15.4 Å². The van der Waals surface area contributed by atoms with Crippen LogP contribution >= 0.6 is 11.8 Å². The fourth-order valence-corrected chi connectivity index (χ4v) is 4.73. The van der Waals surface area contributed by atoms with E-state index >= 15 is 0 Å². The Morgan fingerprint density at radius 1 is 0.595 bits per heavy atom. The van der Waals surface area contributed by atoms with Crippen LogP contribution in [0.25, 0.3) is 0 Å². The summed E-state index contributed by atoms with van der Waals surface area (Å²) in [5.41, 5.74) is 1.14. The molecule has 8 nitrogen and oxygen atoms in total. The molecule has 37 heavy (non-hydrogen) atoms. The molecule has 4 aromatic rings. The standard InChI is InChI=1S/C28H16O8S/c29-25-21-11-5-17(13-23(21)27(31)35-25)33-15-1-7-19(8-2-15)37-20-9-3-16(4-10-20)34-18-6-12-22-24(14-18)28(32)36-26(22)30/h1-14,27,31H. The molecule has 0 aliphatic carbocycles. The summed E-state index contributed by atoms with van der Waals surface area (Å²) in [6.07, 6.45) is -1.28. The van der Waals surface area contributed by atoms with Gasteiger partial charge in [0.2, 0.25) is 6.29 Å². The summed E-state index contributed by atoms with van der Waals surface area (Å²) < 4.78 is 21.1. The molecule has 182 valence electrons. The molecule has 1 N–H and O–H groups in total. The van der Waals surface area contributed by atoms with Gasteiger partial charge < -0.3 is 24.1 Å². The molecule has 1 unspecified atom stereocenters. The molecule has 0 fully saturated rings. The van der Waals surface area contributed by atoms with E-state index in [1.807, 2.05) is 48.5 Å². The first-order valence-electron chi connectivity index (χ1n) is 11.1. The highest BCUT2D eigenvalue weighted by atomic mass is 32.2. The van der Waals surface area contributed by atoms with E-state index in [2.05, 4.69) is 4.74 Å². The molecule has 0 saturated heterocycles. The Morgan fingerprint density at radius 2 is 1.11 bits per heavy atom. The molecular formula is C28H16O8S. The lowest BCUT2D eigenvalue weighted by Gasteiger charge is -2.09. The zero-order valence-corrected chi connectivity index (χ0v) is 19.7. The Balaban J connectivity index is 1.08. The number of fused-ring (bicyclic) bond motifs is 2. The Morgan fingerprint density at radius 3 is 1.73 bits per heavy atom. The van der Waals surface area contributed by atoms with Gasteiger partial charge in [-0.05, 0) is 84.9 Å². The summed E-state index contributed by atoms with van der Waals surface area (Å²) in [5, 5.41) is 9.82. The second kappa shape index (κ2) is 9.12. The largest absolute Gasteiger partial charge is 0.457 e. The molecule has 0 bridgehead atoms. The number of aliphatic hydroxyl groups excluding tert-OH is 1. The fraction of sp³-hybridized carbons (Fsp3) is 0.0357. The normalized spacial score (nSPS) is 15.6. The maximum Gasteiger partial charge on any atom is 0.347 e. The van der Waals surface area contributed by atoms with Gasteiger partial charge in [0.25, 0.3) is 0 Å². The molecule has 2 aliphatic heterocycles. The number of benzene rings is 4. The molecule has 2 heterocycles. The Hall–Kier alpha value is -4.60. The van der Waals surface area contributed by atoms with Crippen LogP contribution in [-0.2, 0) is 9.47 Å². The minimum atomic E-state index is -1.28. The number of carbonyl (C=O) groups excluding carboxylic acids is 3. The van der Waals surface area contributed by atoms with E-state index in [0.717, 1.165) is 9.79 Å². The van der Waals surface area contributed by atoms with Gasteiger partial charge in [-0.1, -0.05) is 11.8 Å². The second-order valence-corrected chi connectivity index (χ2v) is 9.29.